The van der Waals surface area contributed by atoms with E-state index in [-0.39, 0.29) is 10.5 Å². The van der Waals surface area contributed by atoms with Crippen LogP contribution in [0.1, 0.15) is 5.56 Å². The third-order valence-electron chi connectivity index (χ3n) is 2.94. The van der Waals surface area contributed by atoms with E-state index in [1.165, 1.54) is 13.0 Å². The van der Waals surface area contributed by atoms with Crippen molar-refractivity contribution < 1.29 is 17.2 Å². The summed E-state index contributed by atoms with van der Waals surface area (Å²) in [6.07, 6.45) is 0. The van der Waals surface area contributed by atoms with E-state index in [1.807, 2.05) is 0 Å². The molecule has 21 heavy (non-hydrogen) atoms. The third-order valence-corrected chi connectivity index (χ3v) is 4.36. The number of rotatable bonds is 4. The molecule has 0 aliphatic carbocycles. The lowest BCUT2D eigenvalue weighted by Crippen LogP contribution is -2.16. The molecule has 112 valence electrons. The molecule has 0 amide bonds. The van der Waals surface area contributed by atoms with E-state index in [1.54, 1.807) is 25.2 Å². The van der Waals surface area contributed by atoms with Gasteiger partial charge >= 0.3 is 0 Å². The fraction of sp³-hybridized carbons (Fsp3) is 0.143. The van der Waals surface area contributed by atoms with Crippen LogP contribution in [0.25, 0.3) is 0 Å². The summed E-state index contributed by atoms with van der Waals surface area (Å²) in [5.41, 5.74) is 0.0353. The molecule has 0 atom stereocenters. The lowest BCUT2D eigenvalue weighted by molar-refractivity contribution is 0.590. The highest BCUT2D eigenvalue weighted by Gasteiger charge is 2.20. The molecule has 0 aliphatic heterocycles. The Balaban J connectivity index is 2.45. The van der Waals surface area contributed by atoms with Gasteiger partial charge in [0.05, 0.1) is 11.4 Å². The molecule has 2 N–H and O–H groups in total. The molecule has 0 bridgehead atoms. The Morgan fingerprint density at radius 2 is 1.67 bits per heavy atom. The largest absolute Gasteiger partial charge is 0.387 e. The van der Waals surface area contributed by atoms with Gasteiger partial charge in [-0.1, -0.05) is 12.1 Å². The molecule has 2 aromatic rings. The van der Waals surface area contributed by atoms with Crippen molar-refractivity contribution in [2.24, 2.45) is 0 Å². The fourth-order valence-electron chi connectivity index (χ4n) is 1.83. The zero-order chi connectivity index (χ0) is 15.6. The molecular weight excluding hydrogens is 298 g/mol. The van der Waals surface area contributed by atoms with Crippen molar-refractivity contribution in [1.82, 2.24) is 0 Å². The van der Waals surface area contributed by atoms with Crippen molar-refractivity contribution in [2.45, 2.75) is 11.8 Å². The van der Waals surface area contributed by atoms with E-state index in [0.717, 1.165) is 12.1 Å². The molecular formula is C14H14F2N2O2S. The highest BCUT2D eigenvalue weighted by molar-refractivity contribution is 7.92. The monoisotopic (exact) mass is 312 g/mol. The highest BCUT2D eigenvalue weighted by atomic mass is 32.2. The number of hydrogen-bond donors (Lipinski definition) is 2. The van der Waals surface area contributed by atoms with Gasteiger partial charge < -0.3 is 5.32 Å². The quantitative estimate of drug-likeness (QED) is 0.912. The Morgan fingerprint density at radius 1 is 1.00 bits per heavy atom. The van der Waals surface area contributed by atoms with E-state index >= 15 is 0 Å². The Kier molecular flexibility index (Phi) is 4.13. The lowest BCUT2D eigenvalue weighted by Gasteiger charge is -2.13. The predicted molar refractivity (Wildman–Crippen MR) is 77.9 cm³/mol. The van der Waals surface area contributed by atoms with Crippen molar-refractivity contribution in [3.8, 4) is 0 Å². The van der Waals surface area contributed by atoms with Crippen LogP contribution in [0, 0.1) is 18.6 Å². The van der Waals surface area contributed by atoms with Gasteiger partial charge in [-0.25, -0.2) is 17.2 Å². The predicted octanol–water partition coefficient (Wildman–Crippen LogP) is 3.12. The molecule has 0 spiro atoms. The van der Waals surface area contributed by atoms with Crippen molar-refractivity contribution in [2.75, 3.05) is 17.1 Å². The molecule has 0 aliphatic rings. The van der Waals surface area contributed by atoms with E-state index in [2.05, 4.69) is 10.0 Å². The molecule has 2 rings (SSSR count). The summed E-state index contributed by atoms with van der Waals surface area (Å²) in [5.74, 6) is -1.52. The van der Waals surface area contributed by atoms with Crippen LogP contribution in [-0.4, -0.2) is 15.5 Å². The zero-order valence-corrected chi connectivity index (χ0v) is 12.3. The number of halogens is 2. The number of para-hydroxylation sites is 1. The summed E-state index contributed by atoms with van der Waals surface area (Å²) in [7, 11) is -2.46. The molecule has 4 nitrogen and oxygen atoms in total. The van der Waals surface area contributed by atoms with Crippen molar-refractivity contribution in [3.05, 3.63) is 53.6 Å². The summed E-state index contributed by atoms with van der Waals surface area (Å²) in [4.78, 5) is -0.0483. The molecule has 0 heterocycles. The fourth-order valence-corrected chi connectivity index (χ4v) is 3.10. The van der Waals surface area contributed by atoms with Crippen LogP contribution in [0.2, 0.25) is 0 Å². The second kappa shape index (κ2) is 5.69. The first kappa shape index (κ1) is 15.2. The van der Waals surface area contributed by atoms with Crippen molar-refractivity contribution in [1.29, 1.82) is 0 Å². The van der Waals surface area contributed by atoms with Gasteiger partial charge in [-0.15, -0.1) is 0 Å². The number of sulfonamides is 1. The summed E-state index contributed by atoms with van der Waals surface area (Å²) in [6, 6.07) is 7.91. The summed E-state index contributed by atoms with van der Waals surface area (Å²) in [6.45, 7) is 1.40. The summed E-state index contributed by atoms with van der Waals surface area (Å²) >= 11 is 0. The summed E-state index contributed by atoms with van der Waals surface area (Å²) in [5, 5.41) is 2.74. The molecule has 0 fully saturated rings. The van der Waals surface area contributed by atoms with E-state index in [0.29, 0.717) is 5.69 Å². The number of hydrogen-bond acceptors (Lipinski definition) is 3. The molecule has 0 radical (unpaired) electrons. The average Bonchev–Trinajstić information content (AvgIpc) is 2.44. The van der Waals surface area contributed by atoms with Crippen LogP contribution < -0.4 is 10.0 Å². The highest BCUT2D eigenvalue weighted by Crippen LogP contribution is 2.25. The van der Waals surface area contributed by atoms with Crippen LogP contribution in [-0.2, 0) is 10.0 Å². The van der Waals surface area contributed by atoms with Crippen molar-refractivity contribution >= 4 is 21.4 Å². The zero-order valence-electron chi connectivity index (χ0n) is 11.4. The van der Waals surface area contributed by atoms with Gasteiger partial charge in [0.1, 0.15) is 16.5 Å². The van der Waals surface area contributed by atoms with Crippen LogP contribution in [0.4, 0.5) is 20.2 Å². The number of anilines is 2. The minimum Gasteiger partial charge on any atom is -0.387 e. The summed E-state index contributed by atoms with van der Waals surface area (Å²) < 4.78 is 53.9. The van der Waals surface area contributed by atoms with Gasteiger partial charge in [0.15, 0.2) is 0 Å². The molecule has 2 aromatic carbocycles. The third kappa shape index (κ3) is 3.13. The maximum Gasteiger partial charge on any atom is 0.264 e. The molecule has 0 saturated heterocycles. The van der Waals surface area contributed by atoms with E-state index in [4.69, 9.17) is 0 Å². The Labute approximate surface area is 121 Å². The molecule has 7 heteroatoms. The van der Waals surface area contributed by atoms with Gasteiger partial charge in [-0.05, 0) is 30.7 Å². The standard InChI is InChI=1S/C14H14F2N2O2S/c1-9-7-11(16)13(8-10(9)15)18-21(19,20)14-6-4-3-5-12(14)17-2/h3-8,17-18H,1-2H3. The second-order valence-corrected chi connectivity index (χ2v) is 6.08. The Morgan fingerprint density at radius 3 is 2.33 bits per heavy atom. The topological polar surface area (TPSA) is 58.2 Å². The van der Waals surface area contributed by atoms with Crippen molar-refractivity contribution in [3.63, 3.8) is 0 Å². The number of nitrogens with one attached hydrogen (secondary N) is 2. The SMILES string of the molecule is CNc1ccccc1S(=O)(=O)Nc1cc(F)c(C)cc1F. The smallest absolute Gasteiger partial charge is 0.264 e. The van der Waals surface area contributed by atoms with Crippen LogP contribution in [0.3, 0.4) is 0 Å². The maximum absolute atomic E-state index is 13.7. The van der Waals surface area contributed by atoms with Gasteiger partial charge in [-0.2, -0.15) is 0 Å². The van der Waals surface area contributed by atoms with Crippen LogP contribution >= 0.6 is 0 Å². The molecule has 0 saturated carbocycles. The normalized spacial score (nSPS) is 11.2. The first-order valence-corrected chi connectivity index (χ1v) is 7.58. The van der Waals surface area contributed by atoms with Gasteiger partial charge in [0.25, 0.3) is 10.0 Å². The van der Waals surface area contributed by atoms with Crippen LogP contribution in [0.5, 0.6) is 0 Å². The van der Waals surface area contributed by atoms with Crippen LogP contribution in [0.15, 0.2) is 41.3 Å². The second-order valence-electron chi connectivity index (χ2n) is 4.43. The minimum absolute atomic E-state index is 0.0483. The number of benzene rings is 2. The number of aryl methyl sites for hydroxylation is 1. The first-order chi connectivity index (χ1) is 9.85. The van der Waals surface area contributed by atoms with Gasteiger partial charge in [0, 0.05) is 13.1 Å². The van der Waals surface area contributed by atoms with Gasteiger partial charge in [-0.3, -0.25) is 4.72 Å². The Bertz CT molecular complexity index is 777. The Hall–Kier alpha value is -2.15. The van der Waals surface area contributed by atoms with E-state index < -0.39 is 27.3 Å². The minimum atomic E-state index is -4.03. The maximum atomic E-state index is 13.7. The van der Waals surface area contributed by atoms with Gasteiger partial charge in [0.2, 0.25) is 0 Å². The molecule has 0 unspecified atom stereocenters. The lowest BCUT2D eigenvalue weighted by atomic mass is 10.2. The van der Waals surface area contributed by atoms with E-state index in [9.17, 15) is 17.2 Å². The molecule has 0 aromatic heterocycles. The average molecular weight is 312 g/mol. The first-order valence-electron chi connectivity index (χ1n) is 6.10.